The summed E-state index contributed by atoms with van der Waals surface area (Å²) >= 11 is 0. The highest BCUT2D eigenvalue weighted by atomic mass is 15.1. The van der Waals surface area contributed by atoms with Gasteiger partial charge in [0.25, 0.3) is 0 Å². The number of hydrogen-bond acceptors (Lipinski definition) is 2. The molecule has 0 bridgehead atoms. The summed E-state index contributed by atoms with van der Waals surface area (Å²) in [7, 11) is 2.24. The van der Waals surface area contributed by atoms with Crippen LogP contribution in [0.25, 0.3) is 0 Å². The molecule has 0 heterocycles. The molecule has 1 N–H and O–H groups in total. The Kier molecular flexibility index (Phi) is 5.26. The van der Waals surface area contributed by atoms with Crippen molar-refractivity contribution in [3.05, 3.63) is 0 Å². The van der Waals surface area contributed by atoms with Gasteiger partial charge in [-0.2, -0.15) is 0 Å². The van der Waals surface area contributed by atoms with E-state index < -0.39 is 0 Å². The summed E-state index contributed by atoms with van der Waals surface area (Å²) in [6, 6.07) is 0.710. The second kappa shape index (κ2) is 6.02. The fourth-order valence-corrected chi connectivity index (χ4v) is 2.99. The van der Waals surface area contributed by atoms with Crippen molar-refractivity contribution < 1.29 is 0 Å². The Morgan fingerprint density at radius 3 is 2.56 bits per heavy atom. The Morgan fingerprint density at radius 2 is 2.00 bits per heavy atom. The van der Waals surface area contributed by atoms with Crippen molar-refractivity contribution in [2.75, 3.05) is 26.7 Å². The second-order valence-corrected chi connectivity index (χ2v) is 6.07. The van der Waals surface area contributed by atoms with Gasteiger partial charge < -0.3 is 10.2 Å². The maximum atomic E-state index is 3.77. The van der Waals surface area contributed by atoms with Crippen LogP contribution in [-0.2, 0) is 0 Å². The van der Waals surface area contributed by atoms with E-state index in [4.69, 9.17) is 0 Å². The van der Waals surface area contributed by atoms with Crippen LogP contribution in [0.1, 0.15) is 47.0 Å². The van der Waals surface area contributed by atoms with Gasteiger partial charge in [0, 0.05) is 12.6 Å². The maximum Gasteiger partial charge on any atom is 0.0159 e. The first-order valence-electron chi connectivity index (χ1n) is 6.93. The van der Waals surface area contributed by atoms with Gasteiger partial charge in [0.2, 0.25) is 0 Å². The molecule has 2 unspecified atom stereocenters. The van der Waals surface area contributed by atoms with Gasteiger partial charge in [0.15, 0.2) is 0 Å². The monoisotopic (exact) mass is 226 g/mol. The number of nitrogens with one attached hydrogen (secondary N) is 1. The molecule has 1 rings (SSSR count). The van der Waals surface area contributed by atoms with Crippen LogP contribution in [0, 0.1) is 11.3 Å². The largest absolute Gasteiger partial charge is 0.313 e. The van der Waals surface area contributed by atoms with Crippen LogP contribution < -0.4 is 5.32 Å². The number of nitrogens with zero attached hydrogens (tertiary/aromatic N) is 1. The lowest BCUT2D eigenvalue weighted by Crippen LogP contribution is -2.45. The average molecular weight is 226 g/mol. The molecule has 96 valence electrons. The molecule has 16 heavy (non-hydrogen) atoms. The molecule has 1 fully saturated rings. The third-order valence-corrected chi connectivity index (χ3v) is 4.17. The predicted molar refractivity (Wildman–Crippen MR) is 71.8 cm³/mol. The SMILES string of the molecule is CCCNC1C(CN(C)CC)CCC1(C)C. The van der Waals surface area contributed by atoms with E-state index in [1.165, 1.54) is 32.4 Å². The molecule has 0 aromatic carbocycles. The van der Waals surface area contributed by atoms with Crippen molar-refractivity contribution >= 4 is 0 Å². The van der Waals surface area contributed by atoms with E-state index in [9.17, 15) is 0 Å². The summed E-state index contributed by atoms with van der Waals surface area (Å²) in [6.45, 7) is 12.9. The summed E-state index contributed by atoms with van der Waals surface area (Å²) in [5.41, 5.74) is 0.481. The molecule has 1 saturated carbocycles. The van der Waals surface area contributed by atoms with E-state index >= 15 is 0 Å². The zero-order valence-electron chi connectivity index (χ0n) is 11.8. The van der Waals surface area contributed by atoms with Crippen molar-refractivity contribution in [2.45, 2.75) is 53.0 Å². The number of rotatable bonds is 6. The van der Waals surface area contributed by atoms with Crippen molar-refractivity contribution in [1.29, 1.82) is 0 Å². The highest BCUT2D eigenvalue weighted by Crippen LogP contribution is 2.41. The summed E-state index contributed by atoms with van der Waals surface area (Å²) in [4.78, 5) is 2.45. The summed E-state index contributed by atoms with van der Waals surface area (Å²) < 4.78 is 0. The topological polar surface area (TPSA) is 15.3 Å². The van der Waals surface area contributed by atoms with Crippen LogP contribution >= 0.6 is 0 Å². The smallest absolute Gasteiger partial charge is 0.0159 e. The van der Waals surface area contributed by atoms with E-state index in [1.807, 2.05) is 0 Å². The molecule has 0 aliphatic heterocycles. The van der Waals surface area contributed by atoms with Crippen molar-refractivity contribution in [3.63, 3.8) is 0 Å². The van der Waals surface area contributed by atoms with Gasteiger partial charge in [0.1, 0.15) is 0 Å². The van der Waals surface area contributed by atoms with Gasteiger partial charge in [-0.1, -0.05) is 27.7 Å². The summed E-state index contributed by atoms with van der Waals surface area (Å²) in [6.07, 6.45) is 4.00. The van der Waals surface area contributed by atoms with Crippen LogP contribution in [0.5, 0.6) is 0 Å². The van der Waals surface area contributed by atoms with E-state index in [1.54, 1.807) is 0 Å². The molecule has 0 amide bonds. The maximum absolute atomic E-state index is 3.77. The molecule has 0 aromatic rings. The Hall–Kier alpha value is -0.0800. The normalized spacial score (nSPS) is 28.9. The summed E-state index contributed by atoms with van der Waals surface area (Å²) in [5.74, 6) is 0.839. The molecule has 0 spiro atoms. The lowest BCUT2D eigenvalue weighted by molar-refractivity contribution is 0.207. The van der Waals surface area contributed by atoms with Crippen molar-refractivity contribution in [1.82, 2.24) is 10.2 Å². The van der Waals surface area contributed by atoms with Crippen LogP contribution in [0.2, 0.25) is 0 Å². The second-order valence-electron chi connectivity index (χ2n) is 6.07. The highest BCUT2D eigenvalue weighted by molar-refractivity contribution is 4.96. The van der Waals surface area contributed by atoms with Crippen LogP contribution in [-0.4, -0.2) is 37.6 Å². The summed E-state index contributed by atoms with van der Waals surface area (Å²) in [5, 5.41) is 3.77. The van der Waals surface area contributed by atoms with E-state index in [0.29, 0.717) is 11.5 Å². The molecule has 2 atom stereocenters. The molecule has 0 saturated heterocycles. The van der Waals surface area contributed by atoms with Crippen molar-refractivity contribution in [3.8, 4) is 0 Å². The predicted octanol–water partition coefficient (Wildman–Crippen LogP) is 2.74. The standard InChI is InChI=1S/C14H30N2/c1-6-10-15-13-12(11-16(5)7-2)8-9-14(13,3)4/h12-13,15H,6-11H2,1-5H3. The van der Waals surface area contributed by atoms with Crippen LogP contribution in [0.3, 0.4) is 0 Å². The lowest BCUT2D eigenvalue weighted by atomic mass is 9.84. The molecule has 2 heteroatoms. The van der Waals surface area contributed by atoms with Gasteiger partial charge in [-0.05, 0) is 50.7 Å². The minimum absolute atomic E-state index is 0.481. The molecule has 2 nitrogen and oxygen atoms in total. The first-order chi connectivity index (χ1) is 7.51. The van der Waals surface area contributed by atoms with Gasteiger partial charge in [-0.25, -0.2) is 0 Å². The van der Waals surface area contributed by atoms with Gasteiger partial charge in [-0.3, -0.25) is 0 Å². The molecule has 1 aliphatic carbocycles. The van der Waals surface area contributed by atoms with Gasteiger partial charge >= 0.3 is 0 Å². The molecule has 0 radical (unpaired) electrons. The minimum atomic E-state index is 0.481. The first kappa shape index (κ1) is 14.0. The van der Waals surface area contributed by atoms with E-state index in [-0.39, 0.29) is 0 Å². The van der Waals surface area contributed by atoms with Gasteiger partial charge in [-0.15, -0.1) is 0 Å². The van der Waals surface area contributed by atoms with E-state index in [2.05, 4.69) is 45.0 Å². The average Bonchev–Trinajstić information content (AvgIpc) is 2.51. The minimum Gasteiger partial charge on any atom is -0.313 e. The van der Waals surface area contributed by atoms with E-state index in [0.717, 1.165) is 12.5 Å². The third kappa shape index (κ3) is 3.46. The quantitative estimate of drug-likeness (QED) is 0.749. The van der Waals surface area contributed by atoms with Gasteiger partial charge in [0.05, 0.1) is 0 Å². The van der Waals surface area contributed by atoms with Crippen molar-refractivity contribution in [2.24, 2.45) is 11.3 Å². The molecular weight excluding hydrogens is 196 g/mol. The Labute approximate surface area is 102 Å². The molecule has 1 aliphatic rings. The third-order valence-electron chi connectivity index (χ3n) is 4.17. The molecular formula is C14H30N2. The first-order valence-corrected chi connectivity index (χ1v) is 6.93. The zero-order chi connectivity index (χ0) is 12.2. The lowest BCUT2D eigenvalue weighted by Gasteiger charge is -2.33. The Bertz CT molecular complexity index is 201. The Morgan fingerprint density at radius 1 is 1.31 bits per heavy atom. The highest BCUT2D eigenvalue weighted by Gasteiger charge is 2.41. The fraction of sp³-hybridized carbons (Fsp3) is 1.00. The Balaban J connectivity index is 2.55. The number of hydrogen-bond donors (Lipinski definition) is 1. The van der Waals surface area contributed by atoms with Crippen LogP contribution in [0.15, 0.2) is 0 Å². The van der Waals surface area contributed by atoms with Crippen LogP contribution in [0.4, 0.5) is 0 Å². The molecule has 0 aromatic heterocycles. The zero-order valence-corrected chi connectivity index (χ0v) is 11.8. The fourth-order valence-electron chi connectivity index (χ4n) is 2.99.